The first-order valence-electron chi connectivity index (χ1n) is 3.98. The number of hydrogen-bond donors (Lipinski definition) is 0. The third-order valence-corrected chi connectivity index (χ3v) is 2.06. The molecule has 1 atom stereocenters. The number of pyridine rings is 1. The molecule has 2 rings (SSSR count). The molecule has 64 valence electrons. The summed E-state index contributed by atoms with van der Waals surface area (Å²) >= 11 is 0. The van der Waals surface area contributed by atoms with Crippen molar-refractivity contribution < 1.29 is 14.0 Å². The number of hydrogen-bond acceptors (Lipinski definition) is 2. The first-order valence-corrected chi connectivity index (χ1v) is 3.98. The summed E-state index contributed by atoms with van der Waals surface area (Å²) in [5, 5.41) is 0. The molecule has 0 bridgehead atoms. The van der Waals surface area contributed by atoms with Gasteiger partial charge in [-0.1, -0.05) is 0 Å². The van der Waals surface area contributed by atoms with Gasteiger partial charge in [0.05, 0.1) is 6.07 Å². The van der Waals surface area contributed by atoms with Gasteiger partial charge in [0.1, 0.15) is 0 Å². The first kappa shape index (κ1) is 7.55. The van der Waals surface area contributed by atoms with Crippen LogP contribution >= 0.6 is 0 Å². The van der Waals surface area contributed by atoms with Crippen LogP contribution in [0.25, 0.3) is 0 Å². The highest BCUT2D eigenvalue weighted by Gasteiger charge is 2.31. The summed E-state index contributed by atoms with van der Waals surface area (Å²) < 4.78 is 12.6. The normalized spacial score (nSPS) is 20.3. The molecule has 12 heavy (non-hydrogen) atoms. The van der Waals surface area contributed by atoms with Crippen molar-refractivity contribution in [3.05, 3.63) is 23.9 Å². The second kappa shape index (κ2) is 2.75. The summed E-state index contributed by atoms with van der Waals surface area (Å²) in [4.78, 5) is 0. The fourth-order valence-corrected chi connectivity index (χ4v) is 1.36. The Balaban J connectivity index is 2.40. The Morgan fingerprint density at radius 3 is 3.25 bits per heavy atom. The van der Waals surface area contributed by atoms with Gasteiger partial charge in [-0.3, -0.25) is 0 Å². The van der Waals surface area contributed by atoms with Crippen LogP contribution in [0.5, 0.6) is 5.88 Å². The van der Waals surface area contributed by atoms with Gasteiger partial charge in [0.25, 0.3) is 0 Å². The van der Waals surface area contributed by atoms with Crippen molar-refractivity contribution in [2.24, 2.45) is 0 Å². The fraction of sp³-hybridized carbons (Fsp3) is 0.444. The van der Waals surface area contributed by atoms with Crippen molar-refractivity contribution in [3.8, 4) is 5.88 Å². The topological polar surface area (TPSA) is 22.3 Å². The van der Waals surface area contributed by atoms with Crippen LogP contribution in [0, 0.1) is 6.92 Å². The SMILES string of the molecule is COC1COc2cc(C)cc[n+]21. The van der Waals surface area contributed by atoms with Gasteiger partial charge in [0.2, 0.25) is 0 Å². The lowest BCUT2D eigenvalue weighted by Gasteiger charge is -1.98. The second-order valence-electron chi connectivity index (χ2n) is 2.95. The monoisotopic (exact) mass is 166 g/mol. The highest BCUT2D eigenvalue weighted by Crippen LogP contribution is 2.17. The third-order valence-electron chi connectivity index (χ3n) is 2.06. The number of methoxy groups -OCH3 is 1. The van der Waals surface area contributed by atoms with Gasteiger partial charge in [0, 0.05) is 13.2 Å². The summed E-state index contributed by atoms with van der Waals surface area (Å²) in [5.41, 5.74) is 1.21. The number of fused-ring (bicyclic) bond motifs is 1. The summed E-state index contributed by atoms with van der Waals surface area (Å²) in [6, 6.07) is 4.06. The Morgan fingerprint density at radius 2 is 2.50 bits per heavy atom. The minimum absolute atomic E-state index is 0.0422. The molecule has 1 aromatic heterocycles. The number of aromatic nitrogens is 1. The standard InChI is InChI=1S/C9H12NO2/c1-7-3-4-10-8(5-7)12-6-9(10)11-2/h3-5,9H,6H2,1-2H3/q+1. The number of rotatable bonds is 1. The molecule has 0 aliphatic carbocycles. The largest absolute Gasteiger partial charge is 0.434 e. The maximum atomic E-state index is 5.42. The van der Waals surface area contributed by atoms with E-state index >= 15 is 0 Å². The molecule has 0 saturated heterocycles. The lowest BCUT2D eigenvalue weighted by molar-refractivity contribution is -0.742. The van der Waals surface area contributed by atoms with Crippen LogP contribution in [0.15, 0.2) is 18.3 Å². The molecular weight excluding hydrogens is 154 g/mol. The van der Waals surface area contributed by atoms with E-state index in [9.17, 15) is 0 Å². The van der Waals surface area contributed by atoms with Gasteiger partial charge in [-0.2, -0.15) is 0 Å². The van der Waals surface area contributed by atoms with Gasteiger partial charge in [-0.25, -0.2) is 0 Å². The zero-order valence-electron chi connectivity index (χ0n) is 7.28. The summed E-state index contributed by atoms with van der Waals surface area (Å²) in [5.74, 6) is 0.891. The summed E-state index contributed by atoms with van der Waals surface area (Å²) in [6.07, 6.45) is 2.03. The van der Waals surface area contributed by atoms with Crippen LogP contribution in [-0.4, -0.2) is 13.7 Å². The van der Waals surface area contributed by atoms with Gasteiger partial charge < -0.3 is 9.47 Å². The maximum Gasteiger partial charge on any atom is 0.370 e. The predicted molar refractivity (Wildman–Crippen MR) is 42.9 cm³/mol. The molecule has 0 radical (unpaired) electrons. The summed E-state index contributed by atoms with van der Waals surface area (Å²) in [7, 11) is 1.69. The Labute approximate surface area is 71.5 Å². The Bertz CT molecular complexity index is 299. The van der Waals surface area contributed by atoms with Crippen LogP contribution < -0.4 is 9.30 Å². The maximum absolute atomic E-state index is 5.42. The molecule has 0 amide bonds. The van der Waals surface area contributed by atoms with E-state index in [0.717, 1.165) is 5.88 Å². The van der Waals surface area contributed by atoms with Crippen molar-refractivity contribution in [1.29, 1.82) is 0 Å². The van der Waals surface area contributed by atoms with Gasteiger partial charge >= 0.3 is 12.1 Å². The Kier molecular flexibility index (Phi) is 1.73. The molecule has 3 nitrogen and oxygen atoms in total. The van der Waals surface area contributed by atoms with E-state index in [2.05, 4.69) is 0 Å². The highest BCUT2D eigenvalue weighted by atomic mass is 16.6. The molecular formula is C9H12NO2+. The van der Waals surface area contributed by atoms with Crippen LogP contribution in [0.4, 0.5) is 0 Å². The van der Waals surface area contributed by atoms with Crippen molar-refractivity contribution in [1.82, 2.24) is 0 Å². The molecule has 0 aromatic carbocycles. The lowest BCUT2D eigenvalue weighted by atomic mass is 10.3. The minimum atomic E-state index is 0.0422. The molecule has 1 unspecified atom stereocenters. The van der Waals surface area contributed by atoms with E-state index in [-0.39, 0.29) is 6.23 Å². The minimum Gasteiger partial charge on any atom is -0.434 e. The number of ether oxygens (including phenoxy) is 2. The van der Waals surface area contributed by atoms with Crippen molar-refractivity contribution in [2.75, 3.05) is 13.7 Å². The van der Waals surface area contributed by atoms with E-state index < -0.39 is 0 Å². The highest BCUT2D eigenvalue weighted by molar-refractivity contribution is 5.14. The van der Waals surface area contributed by atoms with E-state index in [1.807, 2.05) is 29.8 Å². The molecule has 2 heterocycles. The van der Waals surface area contributed by atoms with Gasteiger partial charge in [-0.15, -0.1) is 4.57 Å². The molecule has 0 saturated carbocycles. The van der Waals surface area contributed by atoms with Gasteiger partial charge in [-0.05, 0) is 12.5 Å². The van der Waals surface area contributed by atoms with E-state index in [1.165, 1.54) is 5.56 Å². The average molecular weight is 166 g/mol. The molecule has 0 fully saturated rings. The predicted octanol–water partition coefficient (Wildman–Crippen LogP) is 0.820. The number of aryl methyl sites for hydroxylation is 1. The van der Waals surface area contributed by atoms with E-state index in [0.29, 0.717) is 6.61 Å². The first-order chi connectivity index (χ1) is 5.81. The van der Waals surface area contributed by atoms with Crippen molar-refractivity contribution in [3.63, 3.8) is 0 Å². The zero-order chi connectivity index (χ0) is 8.55. The quantitative estimate of drug-likeness (QED) is 0.576. The van der Waals surface area contributed by atoms with Crippen LogP contribution in [0.3, 0.4) is 0 Å². The van der Waals surface area contributed by atoms with Crippen LogP contribution in [0.2, 0.25) is 0 Å². The Morgan fingerprint density at radius 1 is 1.67 bits per heavy atom. The Hall–Kier alpha value is -1.09. The second-order valence-corrected chi connectivity index (χ2v) is 2.95. The van der Waals surface area contributed by atoms with Crippen molar-refractivity contribution >= 4 is 0 Å². The third kappa shape index (κ3) is 1.06. The number of nitrogens with zero attached hydrogens (tertiary/aromatic N) is 1. The summed E-state index contributed by atoms with van der Waals surface area (Å²) in [6.45, 7) is 2.66. The van der Waals surface area contributed by atoms with E-state index in [4.69, 9.17) is 9.47 Å². The molecule has 0 spiro atoms. The molecule has 3 heteroatoms. The van der Waals surface area contributed by atoms with Crippen molar-refractivity contribution in [2.45, 2.75) is 13.2 Å². The van der Waals surface area contributed by atoms with E-state index in [1.54, 1.807) is 7.11 Å². The molecule has 1 aliphatic rings. The molecule has 0 N–H and O–H groups in total. The molecule has 1 aromatic rings. The van der Waals surface area contributed by atoms with Crippen LogP contribution in [-0.2, 0) is 4.74 Å². The fourth-order valence-electron chi connectivity index (χ4n) is 1.36. The average Bonchev–Trinajstić information content (AvgIpc) is 2.46. The molecule has 1 aliphatic heterocycles. The van der Waals surface area contributed by atoms with Crippen LogP contribution in [0.1, 0.15) is 11.8 Å². The smallest absolute Gasteiger partial charge is 0.370 e. The zero-order valence-corrected chi connectivity index (χ0v) is 7.28. The lowest BCUT2D eigenvalue weighted by Crippen LogP contribution is -2.36. The van der Waals surface area contributed by atoms with Gasteiger partial charge in [0.15, 0.2) is 12.8 Å².